The molecule has 4 aromatic carbocycles. The molecule has 0 saturated heterocycles. The number of rotatable bonds is 2. The number of ketones is 1. The van der Waals surface area contributed by atoms with Crippen LogP contribution < -0.4 is 0 Å². The van der Waals surface area contributed by atoms with Crippen LogP contribution in [0.2, 0.25) is 0 Å². The second kappa shape index (κ2) is 7.54. The van der Waals surface area contributed by atoms with Gasteiger partial charge in [-0.2, -0.15) is 0 Å². The van der Waals surface area contributed by atoms with E-state index in [1.807, 2.05) is 36.4 Å². The molecule has 190 valence electrons. The number of para-hydroxylation sites is 2. The molecule has 2 aliphatic rings. The molecule has 1 aliphatic carbocycles. The summed E-state index contributed by atoms with van der Waals surface area (Å²) in [5.41, 5.74) is 7.79. The van der Waals surface area contributed by atoms with Gasteiger partial charge in [-0.3, -0.25) is 4.79 Å². The number of nitrogens with one attached hydrogen (secondary N) is 1. The Morgan fingerprint density at radius 3 is 2.41 bits per heavy atom. The Labute approximate surface area is 223 Å². The van der Waals surface area contributed by atoms with Crippen LogP contribution in [0.3, 0.4) is 0 Å². The molecule has 0 fully saturated rings. The van der Waals surface area contributed by atoms with Gasteiger partial charge in [-0.05, 0) is 60.4 Å². The van der Waals surface area contributed by atoms with Crippen molar-refractivity contribution in [1.82, 2.24) is 9.55 Å². The molecule has 2 aromatic heterocycles. The van der Waals surface area contributed by atoms with Crippen molar-refractivity contribution in [3.8, 4) is 11.1 Å². The monoisotopic (exact) mass is 514 g/mol. The fourth-order valence-corrected chi connectivity index (χ4v) is 7.52. The van der Waals surface area contributed by atoms with Crippen molar-refractivity contribution in [2.45, 2.75) is 25.8 Å². The summed E-state index contributed by atoms with van der Waals surface area (Å²) in [7, 11) is 0. The van der Waals surface area contributed by atoms with Gasteiger partial charge in [-0.15, -0.1) is 0 Å². The van der Waals surface area contributed by atoms with Crippen LogP contribution in [0.5, 0.6) is 0 Å². The molecule has 0 amide bonds. The lowest BCUT2D eigenvalue weighted by atomic mass is 9.79. The highest BCUT2D eigenvalue weighted by atomic mass is 19.1. The van der Waals surface area contributed by atoms with E-state index in [4.69, 9.17) is 0 Å². The molecule has 3 heterocycles. The van der Waals surface area contributed by atoms with Gasteiger partial charge in [0.1, 0.15) is 17.2 Å². The van der Waals surface area contributed by atoms with Crippen LogP contribution in [0.4, 0.5) is 8.78 Å². The van der Waals surface area contributed by atoms with Crippen molar-refractivity contribution >= 4 is 27.6 Å². The van der Waals surface area contributed by atoms with Crippen molar-refractivity contribution < 1.29 is 13.6 Å². The molecule has 2 atom stereocenters. The van der Waals surface area contributed by atoms with Gasteiger partial charge in [0.2, 0.25) is 0 Å². The highest BCUT2D eigenvalue weighted by Crippen LogP contribution is 2.59. The third-order valence-corrected chi connectivity index (χ3v) is 9.11. The van der Waals surface area contributed by atoms with Crippen molar-refractivity contribution in [3.05, 3.63) is 130 Å². The van der Waals surface area contributed by atoms with E-state index in [1.54, 1.807) is 6.07 Å². The maximum atomic E-state index is 15.1. The lowest BCUT2D eigenvalue weighted by molar-refractivity contribution is 0.0907. The van der Waals surface area contributed by atoms with E-state index in [0.717, 1.165) is 45.0 Å². The van der Waals surface area contributed by atoms with Crippen molar-refractivity contribution in [3.63, 3.8) is 0 Å². The van der Waals surface area contributed by atoms with Crippen LogP contribution in [-0.4, -0.2) is 15.3 Å². The van der Waals surface area contributed by atoms with Gasteiger partial charge >= 0.3 is 0 Å². The van der Waals surface area contributed by atoms with Crippen LogP contribution in [0.15, 0.2) is 84.9 Å². The van der Waals surface area contributed by atoms with Crippen molar-refractivity contribution in [2.24, 2.45) is 5.92 Å². The third kappa shape index (κ3) is 2.62. The topological polar surface area (TPSA) is 37.8 Å². The lowest BCUT2D eigenvalue weighted by Crippen LogP contribution is -2.39. The SMILES string of the molecule is Cc1c(C23c4cccc(-c5ccc(F)cc5F)c4C(=O)C2Cc2c(C)c4ccccc4n23)[nH]c2ccccc12. The number of nitrogens with zero attached hydrogens (tertiary/aromatic N) is 1. The predicted molar refractivity (Wildman–Crippen MR) is 149 cm³/mol. The number of H-pyrrole nitrogens is 1. The van der Waals surface area contributed by atoms with Crippen LogP contribution in [0.25, 0.3) is 32.9 Å². The van der Waals surface area contributed by atoms with E-state index in [1.165, 1.54) is 23.1 Å². The number of carbonyl (C=O) groups is 1. The first-order valence-electron chi connectivity index (χ1n) is 13.2. The van der Waals surface area contributed by atoms with Crippen LogP contribution >= 0.6 is 0 Å². The average Bonchev–Trinajstić information content (AvgIpc) is 3.62. The first kappa shape index (κ1) is 22.5. The minimum Gasteiger partial charge on any atom is -0.356 e. The molecule has 39 heavy (non-hydrogen) atoms. The maximum Gasteiger partial charge on any atom is 0.170 e. The van der Waals surface area contributed by atoms with Gasteiger partial charge in [0.25, 0.3) is 0 Å². The maximum absolute atomic E-state index is 15.1. The Balaban J connectivity index is 1.54. The van der Waals surface area contributed by atoms with Gasteiger partial charge < -0.3 is 9.55 Å². The quantitative estimate of drug-likeness (QED) is 0.251. The summed E-state index contributed by atoms with van der Waals surface area (Å²) in [4.78, 5) is 18.3. The largest absolute Gasteiger partial charge is 0.356 e. The Kier molecular flexibility index (Phi) is 4.34. The molecule has 5 heteroatoms. The number of fused-ring (bicyclic) bond motifs is 8. The van der Waals surface area contributed by atoms with E-state index in [2.05, 4.69) is 47.7 Å². The van der Waals surface area contributed by atoms with E-state index in [9.17, 15) is 9.18 Å². The fourth-order valence-electron chi connectivity index (χ4n) is 7.52. The highest BCUT2D eigenvalue weighted by Gasteiger charge is 2.61. The van der Waals surface area contributed by atoms with E-state index in [0.29, 0.717) is 17.5 Å². The molecule has 0 radical (unpaired) electrons. The Morgan fingerprint density at radius 1 is 0.846 bits per heavy atom. The molecule has 8 rings (SSSR count). The molecule has 6 aromatic rings. The first-order chi connectivity index (χ1) is 18.9. The summed E-state index contributed by atoms with van der Waals surface area (Å²) in [6, 6.07) is 25.8. The predicted octanol–water partition coefficient (Wildman–Crippen LogP) is 7.85. The number of benzene rings is 4. The number of aromatic nitrogens is 2. The van der Waals surface area contributed by atoms with Crippen LogP contribution in [0, 0.1) is 31.4 Å². The minimum absolute atomic E-state index is 0.00503. The molecule has 0 saturated carbocycles. The number of hydrogen-bond donors (Lipinski definition) is 1. The Morgan fingerprint density at radius 2 is 1.62 bits per heavy atom. The number of Topliss-reactive ketones (excluding diaryl/α,β-unsaturated/α-hetero) is 1. The molecular formula is C34H24F2N2O. The summed E-state index contributed by atoms with van der Waals surface area (Å²) in [5.74, 6) is -1.72. The average molecular weight is 515 g/mol. The number of carbonyl (C=O) groups excluding carboxylic acids is 1. The second-order valence-electron chi connectivity index (χ2n) is 10.8. The number of hydrogen-bond acceptors (Lipinski definition) is 1. The highest BCUT2D eigenvalue weighted by molar-refractivity contribution is 6.11. The van der Waals surface area contributed by atoms with Gasteiger partial charge in [-0.25, -0.2) is 8.78 Å². The summed E-state index contributed by atoms with van der Waals surface area (Å²) >= 11 is 0. The fraction of sp³-hybridized carbons (Fsp3) is 0.147. The summed E-state index contributed by atoms with van der Waals surface area (Å²) in [6.07, 6.45) is 0.578. The minimum atomic E-state index is -0.828. The standard InChI is InChI=1S/C34H24F2N2O/c1-18-22-9-4-6-13-29(22)38-30(18)17-26-32(39)31-24(23-15-14-20(35)16-27(23)36)10-7-11-25(31)34(26,38)33-19(2)21-8-3-5-12-28(21)37-33/h3-16,26,37H,17H2,1-2H3. The van der Waals surface area contributed by atoms with E-state index < -0.39 is 23.1 Å². The third-order valence-electron chi connectivity index (χ3n) is 9.11. The zero-order valence-corrected chi connectivity index (χ0v) is 21.5. The molecule has 1 N–H and O–H groups in total. The summed E-state index contributed by atoms with van der Waals surface area (Å²) < 4.78 is 31.3. The Bertz CT molecular complexity index is 2030. The molecule has 0 bridgehead atoms. The van der Waals surface area contributed by atoms with Crippen LogP contribution in [-0.2, 0) is 12.0 Å². The molecular weight excluding hydrogens is 490 g/mol. The number of aryl methyl sites for hydroxylation is 2. The van der Waals surface area contributed by atoms with Gasteiger partial charge in [0, 0.05) is 51.1 Å². The second-order valence-corrected chi connectivity index (χ2v) is 10.8. The molecule has 0 spiro atoms. The number of halogens is 2. The number of aromatic amines is 1. The smallest absolute Gasteiger partial charge is 0.170 e. The molecule has 3 nitrogen and oxygen atoms in total. The summed E-state index contributed by atoms with van der Waals surface area (Å²) in [5, 5.41) is 2.28. The first-order valence-corrected chi connectivity index (χ1v) is 13.2. The zero-order valence-electron chi connectivity index (χ0n) is 21.5. The normalized spacial score (nSPS) is 19.6. The van der Waals surface area contributed by atoms with E-state index in [-0.39, 0.29) is 11.3 Å². The molecule has 2 unspecified atom stereocenters. The van der Waals surface area contributed by atoms with Gasteiger partial charge in [0.05, 0.1) is 11.6 Å². The van der Waals surface area contributed by atoms with Gasteiger partial charge in [0.15, 0.2) is 5.78 Å². The van der Waals surface area contributed by atoms with E-state index >= 15 is 4.39 Å². The zero-order chi connectivity index (χ0) is 26.6. The van der Waals surface area contributed by atoms with Gasteiger partial charge in [-0.1, -0.05) is 54.6 Å². The lowest BCUT2D eigenvalue weighted by Gasteiger charge is -2.34. The van der Waals surface area contributed by atoms with Crippen molar-refractivity contribution in [2.75, 3.05) is 0 Å². The molecule has 1 aliphatic heterocycles. The summed E-state index contributed by atoms with van der Waals surface area (Å²) in [6.45, 7) is 4.25. The van der Waals surface area contributed by atoms with Crippen molar-refractivity contribution in [1.29, 1.82) is 0 Å². The Hall–Kier alpha value is -4.51. The van der Waals surface area contributed by atoms with Crippen LogP contribution in [0.1, 0.15) is 38.4 Å².